The molecule has 0 aliphatic carbocycles. The highest BCUT2D eigenvalue weighted by molar-refractivity contribution is 5.70. The minimum Gasteiger partial charge on any atom is -0.403 e. The van der Waals surface area contributed by atoms with E-state index in [1.807, 2.05) is 0 Å². The van der Waals surface area contributed by atoms with Gasteiger partial charge >= 0.3 is 18.8 Å². The van der Waals surface area contributed by atoms with Gasteiger partial charge in [-0.2, -0.15) is 22.0 Å². The summed E-state index contributed by atoms with van der Waals surface area (Å²) < 4.78 is 96.8. The third-order valence-electron chi connectivity index (χ3n) is 1.26. The van der Waals surface area contributed by atoms with E-state index in [1.165, 1.54) is 0 Å². The molecule has 0 amide bonds. The van der Waals surface area contributed by atoms with Crippen molar-refractivity contribution >= 4 is 5.97 Å². The van der Waals surface area contributed by atoms with Crippen molar-refractivity contribution in [2.24, 2.45) is 0 Å². The number of carbonyl (C=O) groups excluding carboxylic acids is 1. The molecule has 0 spiro atoms. The third kappa shape index (κ3) is 4.62. The van der Waals surface area contributed by atoms with E-state index in [0.717, 1.165) is 0 Å². The first kappa shape index (κ1) is 14.9. The smallest absolute Gasteiger partial charge is 0.403 e. The number of rotatable bonds is 4. The van der Waals surface area contributed by atoms with Crippen molar-refractivity contribution in [1.29, 1.82) is 0 Å². The summed E-state index contributed by atoms with van der Waals surface area (Å²) in [6.07, 6.45) is -12.9. The summed E-state index contributed by atoms with van der Waals surface area (Å²) in [6.45, 7) is -3.76. The molecular formula is C6H4F8O2. The molecule has 96 valence electrons. The maximum Gasteiger partial charge on any atom is 0.425 e. The molecule has 1 atom stereocenters. The topological polar surface area (TPSA) is 26.3 Å². The second-order valence-electron chi connectivity index (χ2n) is 2.59. The van der Waals surface area contributed by atoms with E-state index in [4.69, 9.17) is 0 Å². The molecule has 0 aliphatic heterocycles. The Labute approximate surface area is 83.2 Å². The molecule has 0 fully saturated rings. The van der Waals surface area contributed by atoms with Crippen molar-refractivity contribution in [3.05, 3.63) is 0 Å². The fraction of sp³-hybridized carbons (Fsp3) is 0.833. The average Bonchev–Trinajstić information content (AvgIpc) is 1.97. The highest BCUT2D eigenvalue weighted by atomic mass is 19.4. The van der Waals surface area contributed by atoms with Crippen LogP contribution >= 0.6 is 0 Å². The summed E-state index contributed by atoms with van der Waals surface area (Å²) in [5.41, 5.74) is 0. The normalized spacial score (nSPS) is 15.1. The van der Waals surface area contributed by atoms with Crippen LogP contribution in [-0.2, 0) is 9.53 Å². The number of ether oxygens (including phenoxy) is 1. The van der Waals surface area contributed by atoms with Crippen LogP contribution in [0.1, 0.15) is 6.42 Å². The number of carbonyl (C=O) groups is 1. The van der Waals surface area contributed by atoms with Crippen molar-refractivity contribution in [3.63, 3.8) is 0 Å². The van der Waals surface area contributed by atoms with E-state index in [2.05, 4.69) is 4.74 Å². The van der Waals surface area contributed by atoms with E-state index < -0.39 is 37.3 Å². The summed E-state index contributed by atoms with van der Waals surface area (Å²) in [5, 5.41) is 0. The summed E-state index contributed by atoms with van der Waals surface area (Å²) in [7, 11) is 0. The van der Waals surface area contributed by atoms with Crippen LogP contribution in [0.15, 0.2) is 0 Å². The molecule has 0 saturated heterocycles. The van der Waals surface area contributed by atoms with Crippen LogP contribution in [0, 0.1) is 0 Å². The first-order valence-corrected chi connectivity index (χ1v) is 3.53. The van der Waals surface area contributed by atoms with Gasteiger partial charge in [0.2, 0.25) is 0 Å². The van der Waals surface area contributed by atoms with Crippen LogP contribution < -0.4 is 0 Å². The largest absolute Gasteiger partial charge is 0.425 e. The first-order valence-electron chi connectivity index (χ1n) is 3.53. The molecule has 0 aliphatic rings. The van der Waals surface area contributed by atoms with E-state index >= 15 is 0 Å². The predicted molar refractivity (Wildman–Crippen MR) is 32.6 cm³/mol. The minimum absolute atomic E-state index is 2.33. The third-order valence-corrected chi connectivity index (χ3v) is 1.26. The van der Waals surface area contributed by atoms with Crippen LogP contribution in [0.4, 0.5) is 35.1 Å². The van der Waals surface area contributed by atoms with E-state index in [1.54, 1.807) is 0 Å². The van der Waals surface area contributed by atoms with Gasteiger partial charge in [0, 0.05) is 0 Å². The van der Waals surface area contributed by atoms with Crippen molar-refractivity contribution in [2.75, 3.05) is 0 Å². The Hall–Kier alpha value is -1.09. The fourth-order valence-corrected chi connectivity index (χ4v) is 0.663. The SMILES string of the molecule is O=C(CC(F)(F)C(F)C(F)(F)F)OC(F)F. The molecule has 16 heavy (non-hydrogen) atoms. The summed E-state index contributed by atoms with van der Waals surface area (Å²) in [4.78, 5) is 10.2. The van der Waals surface area contributed by atoms with Crippen molar-refractivity contribution in [3.8, 4) is 0 Å². The number of esters is 1. The zero-order chi connectivity index (χ0) is 13.1. The van der Waals surface area contributed by atoms with Crippen molar-refractivity contribution < 1.29 is 44.7 Å². The van der Waals surface area contributed by atoms with E-state index in [9.17, 15) is 39.9 Å². The minimum atomic E-state index is -5.89. The number of alkyl halides is 8. The maximum atomic E-state index is 12.4. The van der Waals surface area contributed by atoms with Crippen LogP contribution in [-0.4, -0.2) is 30.9 Å². The van der Waals surface area contributed by atoms with Gasteiger partial charge in [-0.25, -0.2) is 13.2 Å². The van der Waals surface area contributed by atoms with Crippen LogP contribution in [0.5, 0.6) is 0 Å². The van der Waals surface area contributed by atoms with Gasteiger partial charge in [0.15, 0.2) is 0 Å². The molecule has 1 unspecified atom stereocenters. The van der Waals surface area contributed by atoms with E-state index in [-0.39, 0.29) is 0 Å². The first-order chi connectivity index (χ1) is 6.97. The maximum absolute atomic E-state index is 12.4. The number of halogens is 8. The molecule has 0 heterocycles. The molecular weight excluding hydrogens is 256 g/mol. The van der Waals surface area contributed by atoms with Crippen molar-refractivity contribution in [1.82, 2.24) is 0 Å². The molecule has 0 aromatic heterocycles. The Morgan fingerprint density at radius 3 is 1.81 bits per heavy atom. The van der Waals surface area contributed by atoms with Crippen LogP contribution in [0.2, 0.25) is 0 Å². The molecule has 0 radical (unpaired) electrons. The van der Waals surface area contributed by atoms with Gasteiger partial charge in [-0.15, -0.1) is 0 Å². The lowest BCUT2D eigenvalue weighted by molar-refractivity contribution is -0.248. The van der Waals surface area contributed by atoms with Crippen molar-refractivity contribution in [2.45, 2.75) is 31.3 Å². The van der Waals surface area contributed by atoms with Gasteiger partial charge in [0.1, 0.15) is 6.42 Å². The Morgan fingerprint density at radius 1 is 1.06 bits per heavy atom. The van der Waals surface area contributed by atoms with Gasteiger partial charge < -0.3 is 4.74 Å². The molecule has 0 aromatic rings. The molecule has 0 bridgehead atoms. The van der Waals surface area contributed by atoms with Crippen LogP contribution in [0.3, 0.4) is 0 Å². The lowest BCUT2D eigenvalue weighted by Gasteiger charge is -2.21. The Kier molecular flexibility index (Phi) is 4.50. The number of hydrogen-bond donors (Lipinski definition) is 0. The van der Waals surface area contributed by atoms with E-state index in [0.29, 0.717) is 0 Å². The standard InChI is InChI=1S/C6H4F8O2/c7-3(6(12,13)14)5(10,11)1-2(15)16-4(8)9/h3-4H,1H2. The van der Waals surface area contributed by atoms with Gasteiger partial charge in [0.05, 0.1) is 0 Å². The van der Waals surface area contributed by atoms with Crippen LogP contribution in [0.25, 0.3) is 0 Å². The van der Waals surface area contributed by atoms with Gasteiger partial charge in [-0.3, -0.25) is 4.79 Å². The zero-order valence-electron chi connectivity index (χ0n) is 7.20. The molecule has 10 heteroatoms. The molecule has 0 N–H and O–H groups in total. The second kappa shape index (κ2) is 4.83. The lowest BCUT2D eigenvalue weighted by Crippen LogP contribution is -2.43. The Balaban J connectivity index is 4.51. The predicted octanol–water partition coefficient (Wildman–Crippen LogP) is 2.68. The average molecular weight is 260 g/mol. The fourth-order valence-electron chi connectivity index (χ4n) is 0.663. The zero-order valence-corrected chi connectivity index (χ0v) is 7.20. The summed E-state index contributed by atoms with van der Waals surface area (Å²) in [6, 6.07) is 0. The molecule has 2 nitrogen and oxygen atoms in total. The van der Waals surface area contributed by atoms with Gasteiger partial charge in [0.25, 0.3) is 12.1 Å². The van der Waals surface area contributed by atoms with Gasteiger partial charge in [-0.1, -0.05) is 0 Å². The monoisotopic (exact) mass is 260 g/mol. The second-order valence-corrected chi connectivity index (χ2v) is 2.59. The highest BCUT2D eigenvalue weighted by Gasteiger charge is 2.57. The molecule has 0 saturated carbocycles. The Morgan fingerprint density at radius 2 is 1.50 bits per heavy atom. The lowest BCUT2D eigenvalue weighted by atomic mass is 10.1. The Bertz CT molecular complexity index is 247. The van der Waals surface area contributed by atoms with Gasteiger partial charge in [-0.05, 0) is 0 Å². The summed E-state index contributed by atoms with van der Waals surface area (Å²) >= 11 is 0. The quantitative estimate of drug-likeness (QED) is 0.573. The highest BCUT2D eigenvalue weighted by Crippen LogP contribution is 2.37. The molecule has 0 rings (SSSR count). The summed E-state index contributed by atoms with van der Waals surface area (Å²) in [5.74, 6) is -7.48. The molecule has 0 aromatic carbocycles. The number of hydrogen-bond acceptors (Lipinski definition) is 2.